The van der Waals surface area contributed by atoms with Crippen LogP contribution in [0.1, 0.15) is 36.8 Å². The van der Waals surface area contributed by atoms with Crippen LogP contribution in [0.4, 0.5) is 13.2 Å². The van der Waals surface area contributed by atoms with Gasteiger partial charge in [0.25, 0.3) is 0 Å². The lowest BCUT2D eigenvalue weighted by molar-refractivity contribution is -0.140. The van der Waals surface area contributed by atoms with Gasteiger partial charge in [-0.1, -0.05) is 18.2 Å². The molecule has 0 aromatic heterocycles. The Balaban J connectivity index is 2.08. The number of rotatable bonds is 5. The maximum absolute atomic E-state index is 12.9. The monoisotopic (exact) mass is 315 g/mol. The fourth-order valence-corrected chi connectivity index (χ4v) is 2.70. The SMILES string of the molecule is O=C(O)CC1(NC(=O)Cc2ccccc2C(F)(F)F)CCC1. The average molecular weight is 315 g/mol. The lowest BCUT2D eigenvalue weighted by Gasteiger charge is -2.41. The van der Waals surface area contributed by atoms with Crippen LogP contribution in [0, 0.1) is 0 Å². The Bertz CT molecular complexity index is 580. The Morgan fingerprint density at radius 2 is 1.86 bits per heavy atom. The summed E-state index contributed by atoms with van der Waals surface area (Å²) in [6.07, 6.45) is -3.28. The van der Waals surface area contributed by atoms with Gasteiger partial charge < -0.3 is 10.4 Å². The van der Waals surface area contributed by atoms with Crippen molar-refractivity contribution in [1.29, 1.82) is 0 Å². The lowest BCUT2D eigenvalue weighted by Crippen LogP contribution is -2.55. The maximum atomic E-state index is 12.9. The number of carboxylic acid groups (broad SMARTS) is 1. The van der Waals surface area contributed by atoms with E-state index in [9.17, 15) is 22.8 Å². The van der Waals surface area contributed by atoms with Crippen LogP contribution in [0.25, 0.3) is 0 Å². The minimum atomic E-state index is -4.52. The predicted molar refractivity (Wildman–Crippen MR) is 72.1 cm³/mol. The summed E-state index contributed by atoms with van der Waals surface area (Å²) in [5, 5.41) is 11.5. The summed E-state index contributed by atoms with van der Waals surface area (Å²) < 4.78 is 38.6. The van der Waals surface area contributed by atoms with E-state index in [1.807, 2.05) is 0 Å². The van der Waals surface area contributed by atoms with Crippen LogP contribution < -0.4 is 5.32 Å². The van der Waals surface area contributed by atoms with Gasteiger partial charge in [-0.15, -0.1) is 0 Å². The Hall–Kier alpha value is -2.05. The van der Waals surface area contributed by atoms with Gasteiger partial charge in [0.1, 0.15) is 0 Å². The van der Waals surface area contributed by atoms with Crippen molar-refractivity contribution in [3.05, 3.63) is 35.4 Å². The third-order valence-corrected chi connectivity index (χ3v) is 3.88. The highest BCUT2D eigenvalue weighted by molar-refractivity contribution is 5.81. The number of aliphatic carboxylic acids is 1. The van der Waals surface area contributed by atoms with E-state index in [0.29, 0.717) is 12.8 Å². The first-order valence-corrected chi connectivity index (χ1v) is 6.90. The molecule has 1 fully saturated rings. The van der Waals surface area contributed by atoms with Gasteiger partial charge in [0.05, 0.1) is 23.9 Å². The number of hydrogen-bond acceptors (Lipinski definition) is 2. The predicted octanol–water partition coefficient (Wildman–Crippen LogP) is 2.76. The van der Waals surface area contributed by atoms with E-state index in [1.165, 1.54) is 18.2 Å². The number of alkyl halides is 3. The molecule has 0 aliphatic heterocycles. The molecular weight excluding hydrogens is 299 g/mol. The van der Waals surface area contributed by atoms with E-state index in [1.54, 1.807) is 0 Å². The number of amides is 1. The number of carbonyl (C=O) groups is 2. The first kappa shape index (κ1) is 16.3. The topological polar surface area (TPSA) is 66.4 Å². The molecule has 1 aliphatic carbocycles. The molecule has 0 saturated heterocycles. The Labute approximate surface area is 125 Å². The van der Waals surface area contributed by atoms with Gasteiger partial charge in [-0.3, -0.25) is 9.59 Å². The molecule has 7 heteroatoms. The highest BCUT2D eigenvalue weighted by Gasteiger charge is 2.40. The number of carbonyl (C=O) groups excluding carboxylic acids is 1. The number of benzene rings is 1. The van der Waals surface area contributed by atoms with Crippen molar-refractivity contribution in [2.75, 3.05) is 0 Å². The third kappa shape index (κ3) is 3.78. The van der Waals surface area contributed by atoms with Gasteiger partial charge in [-0.25, -0.2) is 0 Å². The van der Waals surface area contributed by atoms with Crippen molar-refractivity contribution >= 4 is 11.9 Å². The Morgan fingerprint density at radius 3 is 2.36 bits per heavy atom. The minimum Gasteiger partial charge on any atom is -0.481 e. The highest BCUT2D eigenvalue weighted by Crippen LogP contribution is 2.35. The zero-order valence-electron chi connectivity index (χ0n) is 11.7. The van der Waals surface area contributed by atoms with Crippen molar-refractivity contribution in [1.82, 2.24) is 5.32 Å². The molecule has 120 valence electrons. The highest BCUT2D eigenvalue weighted by atomic mass is 19.4. The summed E-state index contributed by atoms with van der Waals surface area (Å²) in [4.78, 5) is 22.8. The second-order valence-electron chi connectivity index (χ2n) is 5.58. The molecular formula is C15H16F3NO3. The zero-order chi connectivity index (χ0) is 16.4. The number of carboxylic acids is 1. The zero-order valence-corrected chi connectivity index (χ0v) is 11.7. The molecule has 0 spiro atoms. The number of hydrogen-bond donors (Lipinski definition) is 2. The molecule has 22 heavy (non-hydrogen) atoms. The molecule has 0 atom stereocenters. The van der Waals surface area contributed by atoms with Crippen LogP contribution >= 0.6 is 0 Å². The van der Waals surface area contributed by atoms with Crippen molar-refractivity contribution in [2.45, 2.75) is 43.8 Å². The summed E-state index contributed by atoms with van der Waals surface area (Å²) in [6, 6.07) is 4.89. The fourth-order valence-electron chi connectivity index (χ4n) is 2.70. The van der Waals surface area contributed by atoms with E-state index in [4.69, 9.17) is 5.11 Å². The Morgan fingerprint density at radius 1 is 1.23 bits per heavy atom. The third-order valence-electron chi connectivity index (χ3n) is 3.88. The van der Waals surface area contributed by atoms with E-state index >= 15 is 0 Å². The quantitative estimate of drug-likeness (QED) is 0.878. The van der Waals surface area contributed by atoms with Crippen LogP contribution in [0.3, 0.4) is 0 Å². The molecule has 1 aromatic carbocycles. The van der Waals surface area contributed by atoms with E-state index < -0.39 is 35.6 Å². The molecule has 1 aromatic rings. The standard InChI is InChI=1S/C15H16F3NO3/c16-15(17,18)11-5-2-1-4-10(11)8-12(20)19-14(6-3-7-14)9-13(21)22/h1-2,4-5H,3,6-9H2,(H,19,20)(H,21,22). The summed E-state index contributed by atoms with van der Waals surface area (Å²) >= 11 is 0. The van der Waals surface area contributed by atoms with Crippen molar-refractivity contribution in [2.24, 2.45) is 0 Å². The molecule has 2 rings (SSSR count). The van der Waals surface area contributed by atoms with Gasteiger partial charge in [0.2, 0.25) is 5.91 Å². The second kappa shape index (κ2) is 5.98. The van der Waals surface area contributed by atoms with Crippen molar-refractivity contribution in [3.63, 3.8) is 0 Å². The number of halogens is 3. The molecule has 0 bridgehead atoms. The minimum absolute atomic E-state index is 0.114. The van der Waals surface area contributed by atoms with Gasteiger partial charge in [-0.05, 0) is 30.9 Å². The summed E-state index contributed by atoms with van der Waals surface area (Å²) in [6.45, 7) is 0. The van der Waals surface area contributed by atoms with E-state index in [0.717, 1.165) is 12.5 Å². The molecule has 1 amide bonds. The van der Waals surface area contributed by atoms with Crippen LogP contribution in [0.15, 0.2) is 24.3 Å². The smallest absolute Gasteiger partial charge is 0.416 e. The average Bonchev–Trinajstić information content (AvgIpc) is 2.34. The number of nitrogens with one attached hydrogen (secondary N) is 1. The first-order chi connectivity index (χ1) is 10.2. The van der Waals surface area contributed by atoms with Gasteiger partial charge in [0, 0.05) is 0 Å². The fraction of sp³-hybridized carbons (Fsp3) is 0.467. The molecule has 0 radical (unpaired) electrons. The molecule has 2 N–H and O–H groups in total. The van der Waals surface area contributed by atoms with Crippen molar-refractivity contribution < 1.29 is 27.9 Å². The molecule has 1 aliphatic rings. The van der Waals surface area contributed by atoms with Crippen molar-refractivity contribution in [3.8, 4) is 0 Å². The molecule has 1 saturated carbocycles. The summed E-state index contributed by atoms with van der Waals surface area (Å²) in [5.74, 6) is -1.62. The molecule has 0 unspecified atom stereocenters. The maximum Gasteiger partial charge on any atom is 0.416 e. The van der Waals surface area contributed by atoms with Crippen LogP contribution in [-0.4, -0.2) is 22.5 Å². The van der Waals surface area contributed by atoms with E-state index in [-0.39, 0.29) is 12.0 Å². The van der Waals surface area contributed by atoms with Crippen LogP contribution in [-0.2, 0) is 22.2 Å². The van der Waals surface area contributed by atoms with Crippen LogP contribution in [0.5, 0.6) is 0 Å². The summed E-state index contributed by atoms with van der Waals surface area (Å²) in [5.41, 5.74) is -1.76. The van der Waals surface area contributed by atoms with Crippen LogP contribution in [0.2, 0.25) is 0 Å². The van der Waals surface area contributed by atoms with E-state index in [2.05, 4.69) is 5.32 Å². The first-order valence-electron chi connectivity index (χ1n) is 6.90. The molecule has 4 nitrogen and oxygen atoms in total. The Kier molecular flexibility index (Phi) is 4.44. The lowest BCUT2D eigenvalue weighted by atomic mass is 9.74. The summed E-state index contributed by atoms with van der Waals surface area (Å²) in [7, 11) is 0. The largest absolute Gasteiger partial charge is 0.481 e. The molecule has 0 heterocycles. The normalized spacial score (nSPS) is 16.7. The van der Waals surface area contributed by atoms with Gasteiger partial charge in [-0.2, -0.15) is 13.2 Å². The second-order valence-corrected chi connectivity index (χ2v) is 5.58. The van der Waals surface area contributed by atoms with Gasteiger partial charge in [0.15, 0.2) is 0 Å². The van der Waals surface area contributed by atoms with Gasteiger partial charge >= 0.3 is 12.1 Å².